The quantitative estimate of drug-likeness (QED) is 0.0538. The lowest BCUT2D eigenvalue weighted by Gasteiger charge is -2.14. The number of para-hydroxylation sites is 3. The van der Waals surface area contributed by atoms with E-state index < -0.39 is 22.0 Å². The molecule has 1 heterocycles. The third-order valence-corrected chi connectivity index (χ3v) is 8.56. The lowest BCUT2D eigenvalue weighted by atomic mass is 10.1. The molecule has 0 spiro atoms. The van der Waals surface area contributed by atoms with Crippen molar-refractivity contribution < 1.29 is 23.7 Å². The number of hydrogen-bond donors (Lipinski definition) is 3. The Morgan fingerprint density at radius 1 is 0.800 bits per heavy atom. The van der Waals surface area contributed by atoms with Gasteiger partial charge in [0.1, 0.15) is 11.2 Å². The fourth-order valence-corrected chi connectivity index (χ4v) is 5.75. The minimum absolute atomic E-state index is 0.147. The maximum atomic E-state index is 13.4. The molecule has 0 radical (unpaired) electrons. The zero-order valence-corrected chi connectivity index (χ0v) is 27.3. The Kier molecular flexibility index (Phi) is 10.1. The normalized spacial score (nSPS) is 11.8. The van der Waals surface area contributed by atoms with Crippen molar-refractivity contribution in [2.24, 2.45) is 0 Å². The maximum absolute atomic E-state index is 13.4. The van der Waals surface area contributed by atoms with Crippen LogP contribution in [-0.2, 0) is 9.59 Å². The van der Waals surface area contributed by atoms with E-state index in [2.05, 4.69) is 20.9 Å². The molecule has 12 heteroatoms. The number of nitrogens with zero attached hydrogens (tertiary/aromatic N) is 2. The number of benzene rings is 5. The molecule has 3 amide bonds. The van der Waals surface area contributed by atoms with Crippen LogP contribution in [0.25, 0.3) is 28.6 Å². The fourth-order valence-electron chi connectivity index (χ4n) is 4.88. The molecule has 248 valence electrons. The van der Waals surface area contributed by atoms with E-state index in [0.29, 0.717) is 28.4 Å². The third kappa shape index (κ3) is 8.12. The predicted molar refractivity (Wildman–Crippen MR) is 193 cm³/mol. The number of amides is 3. The van der Waals surface area contributed by atoms with Crippen molar-refractivity contribution in [3.63, 3.8) is 0 Å². The molecule has 6 rings (SSSR count). The average molecular weight is 684 g/mol. The summed E-state index contributed by atoms with van der Waals surface area (Å²) in [6.07, 6.45) is 1.27. The van der Waals surface area contributed by atoms with Gasteiger partial charge in [-0.1, -0.05) is 42.5 Å². The van der Waals surface area contributed by atoms with Gasteiger partial charge in [0.15, 0.2) is 5.58 Å². The van der Waals surface area contributed by atoms with Crippen LogP contribution in [0.1, 0.15) is 22.8 Å². The number of nitro benzene ring substituents is 1. The summed E-state index contributed by atoms with van der Waals surface area (Å²) in [4.78, 5) is 55.6. The topological polar surface area (TPSA) is 156 Å². The molecule has 50 heavy (non-hydrogen) atoms. The molecule has 0 saturated carbocycles. The number of carbonyl (C=O) groups excluding carboxylic acids is 3. The first-order chi connectivity index (χ1) is 24.2. The monoisotopic (exact) mass is 683 g/mol. The third-order valence-electron chi connectivity index (χ3n) is 7.45. The number of rotatable bonds is 11. The molecule has 0 bridgehead atoms. The van der Waals surface area contributed by atoms with Crippen LogP contribution in [0.5, 0.6) is 0 Å². The Morgan fingerprint density at radius 3 is 2.16 bits per heavy atom. The summed E-state index contributed by atoms with van der Waals surface area (Å²) < 4.78 is 5.82. The molecule has 0 fully saturated rings. The second-order valence-electron chi connectivity index (χ2n) is 11.0. The largest absolute Gasteiger partial charge is 0.436 e. The molecule has 11 nitrogen and oxygen atoms in total. The molecule has 0 aliphatic carbocycles. The number of oxazole rings is 1. The molecule has 0 aliphatic rings. The van der Waals surface area contributed by atoms with Gasteiger partial charge in [0.2, 0.25) is 11.8 Å². The smallest absolute Gasteiger partial charge is 0.276 e. The summed E-state index contributed by atoms with van der Waals surface area (Å²) in [6.45, 7) is 1.79. The Labute approximate surface area is 290 Å². The number of nitro groups is 1. The summed E-state index contributed by atoms with van der Waals surface area (Å²) in [5.74, 6) is -0.927. The van der Waals surface area contributed by atoms with Crippen molar-refractivity contribution in [2.45, 2.75) is 17.1 Å². The van der Waals surface area contributed by atoms with Crippen LogP contribution >= 0.6 is 11.8 Å². The predicted octanol–water partition coefficient (Wildman–Crippen LogP) is 7.93. The highest BCUT2D eigenvalue weighted by Gasteiger charge is 2.19. The first-order valence-electron chi connectivity index (χ1n) is 15.4. The maximum Gasteiger partial charge on any atom is 0.276 e. The van der Waals surface area contributed by atoms with Gasteiger partial charge in [0, 0.05) is 33.5 Å². The summed E-state index contributed by atoms with van der Waals surface area (Å²) in [5.41, 5.74) is 3.36. The molecule has 1 atom stereocenters. The molecule has 1 aromatic heterocycles. The van der Waals surface area contributed by atoms with Gasteiger partial charge in [0.25, 0.3) is 17.5 Å². The first kappa shape index (κ1) is 33.4. The van der Waals surface area contributed by atoms with Crippen LogP contribution in [0.3, 0.4) is 0 Å². The van der Waals surface area contributed by atoms with Crippen molar-refractivity contribution in [3.8, 4) is 11.5 Å². The summed E-state index contributed by atoms with van der Waals surface area (Å²) in [6, 6.07) is 35.8. The lowest BCUT2D eigenvalue weighted by molar-refractivity contribution is -0.385. The van der Waals surface area contributed by atoms with Crippen molar-refractivity contribution in [1.82, 2.24) is 10.3 Å². The number of aromatic nitrogens is 1. The molecule has 5 aromatic carbocycles. The molecule has 0 aliphatic heterocycles. The minimum atomic E-state index is -0.678. The highest BCUT2D eigenvalue weighted by Crippen LogP contribution is 2.28. The second-order valence-corrected chi connectivity index (χ2v) is 12.4. The van der Waals surface area contributed by atoms with E-state index in [0.717, 1.165) is 16.0 Å². The fraction of sp³-hybridized carbons (Fsp3) is 0.0526. The molecular formula is C38H29N5O6S. The Morgan fingerprint density at radius 2 is 1.44 bits per heavy atom. The van der Waals surface area contributed by atoms with E-state index in [-0.39, 0.29) is 22.9 Å². The molecule has 6 aromatic rings. The summed E-state index contributed by atoms with van der Waals surface area (Å²) in [7, 11) is 0. The van der Waals surface area contributed by atoms with E-state index in [1.807, 2.05) is 36.4 Å². The Hall–Kier alpha value is -6.53. The zero-order valence-electron chi connectivity index (χ0n) is 26.5. The van der Waals surface area contributed by atoms with Gasteiger partial charge in [-0.25, -0.2) is 4.98 Å². The van der Waals surface area contributed by atoms with Crippen LogP contribution < -0.4 is 16.0 Å². The minimum Gasteiger partial charge on any atom is -0.436 e. The standard InChI is InChI=1S/C38H29N5O6S/c1-24(35(44)39-28-17-15-26(16-18-28)38-42-31-12-6-8-14-34(31)49-38)50-30-21-19-29(20-22-30)40-37(46)32(41-36(45)25-9-3-2-4-10-25)23-27-11-5-7-13-33(27)43(47)48/h2-24H,1H3,(H,39,44)(H,40,46)(H,41,45)/b32-23-. The van der Waals surface area contributed by atoms with Gasteiger partial charge in [0.05, 0.1) is 15.7 Å². The number of hydrogen-bond acceptors (Lipinski definition) is 8. The first-order valence-corrected chi connectivity index (χ1v) is 16.3. The van der Waals surface area contributed by atoms with Crippen LogP contribution in [0.15, 0.2) is 142 Å². The van der Waals surface area contributed by atoms with Gasteiger partial charge >= 0.3 is 0 Å². The second kappa shape index (κ2) is 15.1. The van der Waals surface area contributed by atoms with Gasteiger partial charge in [-0.15, -0.1) is 11.8 Å². The van der Waals surface area contributed by atoms with E-state index in [4.69, 9.17) is 4.42 Å². The van der Waals surface area contributed by atoms with E-state index in [1.165, 1.54) is 36.0 Å². The number of carbonyl (C=O) groups is 3. The van der Waals surface area contributed by atoms with Crippen molar-refractivity contribution in [1.29, 1.82) is 0 Å². The molecule has 0 saturated heterocycles. The number of nitrogens with one attached hydrogen (secondary N) is 3. The Balaban J connectivity index is 1.09. The van der Waals surface area contributed by atoms with Crippen LogP contribution in [0, 0.1) is 10.1 Å². The van der Waals surface area contributed by atoms with Crippen molar-refractivity contribution >= 4 is 63.7 Å². The lowest BCUT2D eigenvalue weighted by Crippen LogP contribution is -2.30. The summed E-state index contributed by atoms with van der Waals surface area (Å²) in [5, 5.41) is 19.4. The van der Waals surface area contributed by atoms with Crippen LogP contribution in [0.4, 0.5) is 17.1 Å². The van der Waals surface area contributed by atoms with E-state index in [1.54, 1.807) is 79.7 Å². The van der Waals surface area contributed by atoms with Gasteiger partial charge < -0.3 is 20.4 Å². The number of thioether (sulfide) groups is 1. The van der Waals surface area contributed by atoms with E-state index >= 15 is 0 Å². The van der Waals surface area contributed by atoms with Gasteiger partial charge in [-0.2, -0.15) is 0 Å². The molecular weight excluding hydrogens is 655 g/mol. The van der Waals surface area contributed by atoms with Crippen LogP contribution in [-0.4, -0.2) is 32.9 Å². The van der Waals surface area contributed by atoms with Gasteiger partial charge in [-0.3, -0.25) is 24.5 Å². The molecule has 3 N–H and O–H groups in total. The highest BCUT2D eigenvalue weighted by atomic mass is 32.2. The highest BCUT2D eigenvalue weighted by molar-refractivity contribution is 8.00. The SMILES string of the molecule is CC(Sc1ccc(NC(=O)/C(=C/c2ccccc2[N+](=O)[O-])NC(=O)c2ccccc2)cc1)C(=O)Nc1ccc(-c2nc3ccccc3o2)cc1. The van der Waals surface area contributed by atoms with Crippen molar-refractivity contribution in [3.05, 3.63) is 154 Å². The summed E-state index contributed by atoms with van der Waals surface area (Å²) >= 11 is 1.34. The van der Waals surface area contributed by atoms with Crippen LogP contribution in [0.2, 0.25) is 0 Å². The van der Waals surface area contributed by atoms with E-state index in [9.17, 15) is 24.5 Å². The Bertz CT molecular complexity index is 2180. The number of anilines is 2. The average Bonchev–Trinajstić information content (AvgIpc) is 3.57. The van der Waals surface area contributed by atoms with Gasteiger partial charge in [-0.05, 0) is 91.9 Å². The molecule has 1 unspecified atom stereocenters. The zero-order chi connectivity index (χ0) is 35.0. The number of fused-ring (bicyclic) bond motifs is 1. The van der Waals surface area contributed by atoms with Crippen molar-refractivity contribution in [2.75, 3.05) is 10.6 Å².